The summed E-state index contributed by atoms with van der Waals surface area (Å²) in [5.41, 5.74) is 1.39. The summed E-state index contributed by atoms with van der Waals surface area (Å²) in [6.45, 7) is 0.498. The number of benzene rings is 2. The number of aromatic hydroxyl groups is 1. The molecule has 30 heavy (non-hydrogen) atoms. The highest BCUT2D eigenvalue weighted by atomic mass is 79.9. The Morgan fingerprint density at radius 2 is 1.93 bits per heavy atom. The Balaban J connectivity index is 1.40. The van der Waals surface area contributed by atoms with E-state index in [4.69, 9.17) is 11.6 Å². The predicted molar refractivity (Wildman–Crippen MR) is 119 cm³/mol. The zero-order chi connectivity index (χ0) is 21.5. The molecule has 0 saturated carbocycles. The summed E-state index contributed by atoms with van der Waals surface area (Å²) >= 11 is 9.36. The standard InChI is InChI=1S/C21H20BrClN4O3/c22-13-9-10-17-15(12-13)19(21(30)25-17)27-26-18(28)8-2-1-5-11-24-20(29)14-6-3-4-7-16(14)23/h3-4,6-7,9-10,12,25,30H,1-2,5,8,11H2,(H,24,29). The van der Waals surface area contributed by atoms with Crippen LogP contribution < -0.4 is 5.32 Å². The van der Waals surface area contributed by atoms with E-state index in [1.807, 2.05) is 6.07 Å². The summed E-state index contributed by atoms with van der Waals surface area (Å²) in [7, 11) is 0. The van der Waals surface area contributed by atoms with Gasteiger partial charge in [0, 0.05) is 22.8 Å². The van der Waals surface area contributed by atoms with Crippen molar-refractivity contribution in [2.45, 2.75) is 25.7 Å². The molecule has 2 amide bonds. The van der Waals surface area contributed by atoms with E-state index in [2.05, 4.69) is 36.5 Å². The Morgan fingerprint density at radius 3 is 2.73 bits per heavy atom. The lowest BCUT2D eigenvalue weighted by atomic mass is 10.1. The quantitative estimate of drug-likeness (QED) is 0.270. The van der Waals surface area contributed by atoms with E-state index in [0.29, 0.717) is 34.5 Å². The number of H-pyrrole nitrogens is 1. The molecular formula is C21H20BrClN4O3. The van der Waals surface area contributed by atoms with Gasteiger partial charge in [0.2, 0.25) is 5.88 Å². The molecule has 0 aliphatic carbocycles. The normalized spacial score (nSPS) is 11.3. The number of nitrogens with one attached hydrogen (secondary N) is 2. The number of halogens is 2. The van der Waals surface area contributed by atoms with Crippen LogP contribution in [0.15, 0.2) is 57.2 Å². The molecule has 0 atom stereocenters. The van der Waals surface area contributed by atoms with Crippen LogP contribution in [0.3, 0.4) is 0 Å². The predicted octanol–water partition coefficient (Wildman–Crippen LogP) is 5.89. The third-order valence-electron chi connectivity index (χ3n) is 4.45. The van der Waals surface area contributed by atoms with Gasteiger partial charge in [-0.15, -0.1) is 10.2 Å². The van der Waals surface area contributed by atoms with Crippen LogP contribution in [0.25, 0.3) is 10.9 Å². The lowest BCUT2D eigenvalue weighted by Crippen LogP contribution is -2.24. The Hall–Kier alpha value is -2.71. The molecule has 7 nitrogen and oxygen atoms in total. The maximum atomic E-state index is 12.0. The second kappa shape index (κ2) is 10.4. The van der Waals surface area contributed by atoms with Crippen molar-refractivity contribution >= 4 is 55.9 Å². The van der Waals surface area contributed by atoms with Gasteiger partial charge in [0.15, 0.2) is 5.69 Å². The number of carbonyl (C=O) groups excluding carboxylic acids is 2. The van der Waals surface area contributed by atoms with Crippen LogP contribution in [-0.2, 0) is 4.79 Å². The van der Waals surface area contributed by atoms with E-state index >= 15 is 0 Å². The van der Waals surface area contributed by atoms with Crippen molar-refractivity contribution in [1.82, 2.24) is 10.3 Å². The Kier molecular flexibility index (Phi) is 7.59. The van der Waals surface area contributed by atoms with Gasteiger partial charge in [-0.25, -0.2) is 0 Å². The van der Waals surface area contributed by atoms with Crippen molar-refractivity contribution in [3.63, 3.8) is 0 Å². The zero-order valence-electron chi connectivity index (χ0n) is 16.0. The minimum atomic E-state index is -0.362. The number of aromatic amines is 1. The SMILES string of the molecule is O=C(CCCCCNC(=O)c1ccccc1Cl)N=Nc1c(O)[nH]c2ccc(Br)cc12. The molecule has 156 valence electrons. The van der Waals surface area contributed by atoms with Crippen LogP contribution in [0.4, 0.5) is 5.69 Å². The number of hydrogen-bond acceptors (Lipinski definition) is 4. The summed E-state index contributed by atoms with van der Waals surface area (Å²) in [4.78, 5) is 26.8. The lowest BCUT2D eigenvalue weighted by Gasteiger charge is -2.06. The fraction of sp³-hybridized carbons (Fsp3) is 0.238. The van der Waals surface area contributed by atoms with E-state index in [9.17, 15) is 14.7 Å². The Labute approximate surface area is 186 Å². The summed E-state index contributed by atoms with van der Waals surface area (Å²) in [6, 6.07) is 12.3. The summed E-state index contributed by atoms with van der Waals surface area (Å²) in [6.07, 6.45) is 2.37. The largest absolute Gasteiger partial charge is 0.493 e. The molecule has 0 spiro atoms. The number of rotatable bonds is 8. The minimum absolute atomic E-state index is 0.131. The van der Waals surface area contributed by atoms with Crippen LogP contribution in [0, 0.1) is 0 Å². The number of aromatic nitrogens is 1. The maximum absolute atomic E-state index is 12.0. The zero-order valence-corrected chi connectivity index (χ0v) is 18.3. The van der Waals surface area contributed by atoms with Gasteiger partial charge in [0.05, 0.1) is 16.1 Å². The number of carbonyl (C=O) groups is 2. The van der Waals surface area contributed by atoms with Gasteiger partial charge >= 0.3 is 0 Å². The average molecular weight is 492 g/mol. The van der Waals surface area contributed by atoms with Crippen molar-refractivity contribution in [3.8, 4) is 5.88 Å². The first-order valence-corrected chi connectivity index (χ1v) is 10.6. The van der Waals surface area contributed by atoms with Crippen molar-refractivity contribution in [1.29, 1.82) is 0 Å². The number of azo groups is 1. The second-order valence-electron chi connectivity index (χ2n) is 6.65. The van der Waals surface area contributed by atoms with E-state index in [1.54, 1.807) is 36.4 Å². The first kappa shape index (κ1) is 22.0. The summed E-state index contributed by atoms with van der Waals surface area (Å²) in [5, 5.41) is 21.5. The van der Waals surface area contributed by atoms with Crippen molar-refractivity contribution in [2.24, 2.45) is 10.2 Å². The molecule has 3 aromatic rings. The first-order valence-electron chi connectivity index (χ1n) is 9.43. The molecule has 0 aliphatic rings. The lowest BCUT2D eigenvalue weighted by molar-refractivity contribution is -0.118. The molecule has 9 heteroatoms. The van der Waals surface area contributed by atoms with E-state index in [1.165, 1.54) is 0 Å². The monoisotopic (exact) mass is 490 g/mol. The minimum Gasteiger partial charge on any atom is -0.493 e. The second-order valence-corrected chi connectivity index (χ2v) is 7.98. The summed E-state index contributed by atoms with van der Waals surface area (Å²) in [5.74, 6) is -0.705. The van der Waals surface area contributed by atoms with Gasteiger partial charge in [-0.3, -0.25) is 9.59 Å². The molecular weight excluding hydrogens is 472 g/mol. The van der Waals surface area contributed by atoms with Gasteiger partial charge < -0.3 is 15.4 Å². The molecule has 1 heterocycles. The molecule has 0 unspecified atom stereocenters. The number of fused-ring (bicyclic) bond motifs is 1. The van der Waals surface area contributed by atoms with Crippen molar-refractivity contribution < 1.29 is 14.7 Å². The van der Waals surface area contributed by atoms with Gasteiger partial charge in [-0.1, -0.05) is 46.1 Å². The third-order valence-corrected chi connectivity index (χ3v) is 5.27. The highest BCUT2D eigenvalue weighted by molar-refractivity contribution is 9.10. The van der Waals surface area contributed by atoms with Gasteiger partial charge in [-0.2, -0.15) is 0 Å². The third kappa shape index (κ3) is 5.67. The molecule has 0 saturated heterocycles. The molecule has 2 aromatic carbocycles. The van der Waals surface area contributed by atoms with Crippen LogP contribution >= 0.6 is 27.5 Å². The summed E-state index contributed by atoms with van der Waals surface area (Å²) < 4.78 is 0.832. The van der Waals surface area contributed by atoms with E-state index < -0.39 is 0 Å². The van der Waals surface area contributed by atoms with Crippen LogP contribution in [-0.4, -0.2) is 28.4 Å². The highest BCUT2D eigenvalue weighted by Gasteiger charge is 2.12. The first-order chi connectivity index (χ1) is 14.5. The van der Waals surface area contributed by atoms with Crippen molar-refractivity contribution in [3.05, 3.63) is 57.5 Å². The molecule has 0 fully saturated rings. The fourth-order valence-electron chi connectivity index (χ4n) is 2.91. The topological polar surface area (TPSA) is 107 Å². The van der Waals surface area contributed by atoms with E-state index in [-0.39, 0.29) is 29.8 Å². The van der Waals surface area contributed by atoms with Gasteiger partial charge in [-0.05, 0) is 43.2 Å². The van der Waals surface area contributed by atoms with Gasteiger partial charge in [0.1, 0.15) is 0 Å². The highest BCUT2D eigenvalue weighted by Crippen LogP contribution is 2.36. The van der Waals surface area contributed by atoms with Crippen LogP contribution in [0.5, 0.6) is 5.88 Å². The molecule has 3 rings (SSSR count). The number of amides is 2. The van der Waals surface area contributed by atoms with Gasteiger partial charge in [0.25, 0.3) is 11.8 Å². The maximum Gasteiger partial charge on any atom is 0.264 e. The van der Waals surface area contributed by atoms with Crippen LogP contribution in [0.1, 0.15) is 36.0 Å². The molecule has 1 aromatic heterocycles. The Bertz CT molecular complexity index is 1100. The number of hydrogen-bond donors (Lipinski definition) is 3. The number of unbranched alkanes of at least 4 members (excludes halogenated alkanes) is 2. The average Bonchev–Trinajstić information content (AvgIpc) is 3.03. The molecule has 0 radical (unpaired) electrons. The molecule has 0 bridgehead atoms. The fourth-order valence-corrected chi connectivity index (χ4v) is 3.50. The van der Waals surface area contributed by atoms with Crippen LogP contribution in [0.2, 0.25) is 5.02 Å². The number of nitrogens with zero attached hydrogens (tertiary/aromatic N) is 2. The van der Waals surface area contributed by atoms with Crippen molar-refractivity contribution in [2.75, 3.05) is 6.54 Å². The molecule has 3 N–H and O–H groups in total. The smallest absolute Gasteiger partial charge is 0.264 e. The van der Waals surface area contributed by atoms with E-state index in [0.717, 1.165) is 17.3 Å². The molecule has 0 aliphatic heterocycles. The Morgan fingerprint density at radius 1 is 1.13 bits per heavy atom.